The van der Waals surface area contributed by atoms with Crippen LogP contribution in [0.5, 0.6) is 5.75 Å². The largest absolute Gasteiger partial charge is 0.494 e. The van der Waals surface area contributed by atoms with E-state index in [1.54, 1.807) is 12.1 Å². The Morgan fingerprint density at radius 2 is 1.67 bits per heavy atom. The predicted octanol–water partition coefficient (Wildman–Crippen LogP) is 3.69. The minimum atomic E-state index is -0.836. The van der Waals surface area contributed by atoms with E-state index in [-0.39, 0.29) is 36.4 Å². The number of carbonyl (C=O) groups excluding carboxylic acids is 3. The fraction of sp³-hybridized carbons (Fsp3) is 0.464. The molecule has 1 aliphatic heterocycles. The van der Waals surface area contributed by atoms with E-state index in [0.717, 1.165) is 29.7 Å². The maximum absolute atomic E-state index is 13.2. The SMILES string of the molecule is CCOc1ccc(CCC(=O)N2CCC(CC(=O)N[C@@H](Cc3ccc(F)cc3)C(=O)OC)CC2)cc1. The summed E-state index contributed by atoms with van der Waals surface area (Å²) in [6.07, 6.45) is 3.11. The molecule has 1 atom stereocenters. The Morgan fingerprint density at radius 1 is 1.03 bits per heavy atom. The molecule has 1 saturated heterocycles. The van der Waals surface area contributed by atoms with Crippen molar-refractivity contribution in [1.29, 1.82) is 0 Å². The van der Waals surface area contributed by atoms with E-state index < -0.39 is 12.0 Å². The molecule has 36 heavy (non-hydrogen) atoms. The van der Waals surface area contributed by atoms with Gasteiger partial charge in [-0.3, -0.25) is 9.59 Å². The number of amides is 2. The number of hydrogen-bond acceptors (Lipinski definition) is 5. The molecule has 0 saturated carbocycles. The smallest absolute Gasteiger partial charge is 0.328 e. The third kappa shape index (κ3) is 8.36. The summed E-state index contributed by atoms with van der Waals surface area (Å²) in [5, 5.41) is 2.77. The quantitative estimate of drug-likeness (QED) is 0.478. The molecule has 0 radical (unpaired) electrons. The fourth-order valence-electron chi connectivity index (χ4n) is 4.42. The zero-order valence-electron chi connectivity index (χ0n) is 21.0. The number of rotatable bonds is 11. The molecule has 194 valence electrons. The Kier molecular flexibility index (Phi) is 10.3. The topological polar surface area (TPSA) is 84.9 Å². The number of ether oxygens (including phenoxy) is 2. The van der Waals surface area contributed by atoms with Crippen molar-refractivity contribution in [3.63, 3.8) is 0 Å². The summed E-state index contributed by atoms with van der Waals surface area (Å²) < 4.78 is 23.4. The minimum Gasteiger partial charge on any atom is -0.494 e. The highest BCUT2D eigenvalue weighted by molar-refractivity contribution is 5.84. The van der Waals surface area contributed by atoms with Gasteiger partial charge in [-0.25, -0.2) is 9.18 Å². The molecule has 0 aliphatic carbocycles. The fourth-order valence-corrected chi connectivity index (χ4v) is 4.42. The molecule has 7 nitrogen and oxygen atoms in total. The number of methoxy groups -OCH3 is 1. The van der Waals surface area contributed by atoms with Gasteiger partial charge in [0.1, 0.15) is 17.6 Å². The lowest BCUT2D eigenvalue weighted by Gasteiger charge is -2.32. The van der Waals surface area contributed by atoms with Crippen molar-refractivity contribution in [1.82, 2.24) is 10.2 Å². The molecule has 0 aromatic heterocycles. The summed E-state index contributed by atoms with van der Waals surface area (Å²) in [6.45, 7) is 3.81. The summed E-state index contributed by atoms with van der Waals surface area (Å²) in [6, 6.07) is 12.8. The molecular weight excluding hydrogens is 463 g/mol. The molecule has 3 rings (SSSR count). The molecule has 1 fully saturated rings. The molecule has 1 N–H and O–H groups in total. The van der Waals surface area contributed by atoms with Gasteiger partial charge < -0.3 is 19.7 Å². The van der Waals surface area contributed by atoms with Crippen molar-refractivity contribution < 1.29 is 28.2 Å². The van der Waals surface area contributed by atoms with E-state index in [4.69, 9.17) is 9.47 Å². The molecule has 0 spiro atoms. The lowest BCUT2D eigenvalue weighted by atomic mass is 9.92. The van der Waals surface area contributed by atoms with Crippen LogP contribution in [0.1, 0.15) is 43.7 Å². The van der Waals surface area contributed by atoms with Crippen LogP contribution >= 0.6 is 0 Å². The second kappa shape index (κ2) is 13.6. The van der Waals surface area contributed by atoms with E-state index in [1.165, 1.54) is 19.2 Å². The number of nitrogens with one attached hydrogen (secondary N) is 1. The van der Waals surface area contributed by atoms with Crippen LogP contribution in [0.15, 0.2) is 48.5 Å². The third-order valence-electron chi connectivity index (χ3n) is 6.48. The second-order valence-corrected chi connectivity index (χ2v) is 9.08. The number of hydrogen-bond donors (Lipinski definition) is 1. The van der Waals surface area contributed by atoms with Gasteiger partial charge in [0, 0.05) is 32.4 Å². The average Bonchev–Trinajstić information content (AvgIpc) is 2.89. The van der Waals surface area contributed by atoms with Crippen LogP contribution in [0.3, 0.4) is 0 Å². The normalized spacial score (nSPS) is 14.7. The van der Waals surface area contributed by atoms with Gasteiger partial charge in [0.2, 0.25) is 11.8 Å². The number of esters is 1. The Hall–Kier alpha value is -3.42. The van der Waals surface area contributed by atoms with Crippen molar-refractivity contribution >= 4 is 17.8 Å². The molecule has 1 heterocycles. The van der Waals surface area contributed by atoms with E-state index in [1.807, 2.05) is 36.1 Å². The first kappa shape index (κ1) is 27.2. The van der Waals surface area contributed by atoms with Gasteiger partial charge in [0.15, 0.2) is 0 Å². The molecular formula is C28H35FN2O5. The first-order valence-corrected chi connectivity index (χ1v) is 12.5. The van der Waals surface area contributed by atoms with Crippen molar-refractivity contribution in [2.75, 3.05) is 26.8 Å². The number of benzene rings is 2. The number of piperidine rings is 1. The van der Waals surface area contributed by atoms with Crippen molar-refractivity contribution in [2.24, 2.45) is 5.92 Å². The Labute approximate surface area is 212 Å². The summed E-state index contributed by atoms with van der Waals surface area (Å²) >= 11 is 0. The molecule has 2 amide bonds. The number of carbonyl (C=O) groups is 3. The monoisotopic (exact) mass is 498 g/mol. The summed E-state index contributed by atoms with van der Waals surface area (Å²) in [7, 11) is 1.27. The lowest BCUT2D eigenvalue weighted by molar-refractivity contribution is -0.145. The van der Waals surface area contributed by atoms with Crippen LogP contribution < -0.4 is 10.1 Å². The summed E-state index contributed by atoms with van der Waals surface area (Å²) in [4.78, 5) is 39.4. The maximum Gasteiger partial charge on any atom is 0.328 e. The van der Waals surface area contributed by atoms with Crippen molar-refractivity contribution in [3.05, 3.63) is 65.5 Å². The third-order valence-corrected chi connectivity index (χ3v) is 6.48. The molecule has 1 aliphatic rings. The molecule has 0 bridgehead atoms. The summed E-state index contributed by atoms with van der Waals surface area (Å²) in [5.74, 6) is -0.0417. The van der Waals surface area contributed by atoms with Crippen molar-refractivity contribution in [2.45, 2.75) is 51.5 Å². The van der Waals surface area contributed by atoms with Gasteiger partial charge in [-0.1, -0.05) is 24.3 Å². The van der Waals surface area contributed by atoms with Crippen LogP contribution in [0.25, 0.3) is 0 Å². The van der Waals surface area contributed by atoms with E-state index in [9.17, 15) is 18.8 Å². The second-order valence-electron chi connectivity index (χ2n) is 9.08. The minimum absolute atomic E-state index is 0.122. The number of nitrogens with zero attached hydrogens (tertiary/aromatic N) is 1. The zero-order valence-corrected chi connectivity index (χ0v) is 21.0. The summed E-state index contributed by atoms with van der Waals surface area (Å²) in [5.41, 5.74) is 1.82. The van der Waals surface area contributed by atoms with Gasteiger partial charge in [-0.2, -0.15) is 0 Å². The van der Waals surface area contributed by atoms with Crippen LogP contribution in [0, 0.1) is 11.7 Å². The van der Waals surface area contributed by atoms with E-state index >= 15 is 0 Å². The molecule has 0 unspecified atom stereocenters. The highest BCUT2D eigenvalue weighted by Gasteiger charge is 2.27. The van der Waals surface area contributed by atoms with Gasteiger partial charge >= 0.3 is 5.97 Å². The van der Waals surface area contributed by atoms with Crippen LogP contribution in [-0.4, -0.2) is 55.5 Å². The zero-order chi connectivity index (χ0) is 25.9. The van der Waals surface area contributed by atoms with E-state index in [2.05, 4.69) is 5.32 Å². The molecule has 2 aromatic rings. The molecule has 8 heteroatoms. The van der Waals surface area contributed by atoms with Crippen LogP contribution in [0.4, 0.5) is 4.39 Å². The standard InChI is InChI=1S/C28H35FN2O5/c1-3-36-24-11-6-20(7-12-24)8-13-27(33)31-16-14-22(15-17-31)19-26(32)30-25(28(34)35-2)18-21-4-9-23(29)10-5-21/h4-7,9-12,22,25H,3,8,13-19H2,1-2H3,(H,30,32)/t25-/m0/s1. The van der Waals surface area contributed by atoms with E-state index in [0.29, 0.717) is 32.5 Å². The highest BCUT2D eigenvalue weighted by atomic mass is 19.1. The lowest BCUT2D eigenvalue weighted by Crippen LogP contribution is -2.44. The molecule has 2 aromatic carbocycles. The van der Waals surface area contributed by atoms with Gasteiger partial charge in [-0.15, -0.1) is 0 Å². The van der Waals surface area contributed by atoms with Gasteiger partial charge in [-0.05, 0) is 67.5 Å². The highest BCUT2D eigenvalue weighted by Crippen LogP contribution is 2.22. The number of halogens is 1. The Bertz CT molecular complexity index is 1000. The first-order valence-electron chi connectivity index (χ1n) is 12.5. The Morgan fingerprint density at radius 3 is 2.28 bits per heavy atom. The maximum atomic E-state index is 13.2. The van der Waals surface area contributed by atoms with Crippen molar-refractivity contribution in [3.8, 4) is 5.75 Å². The van der Waals surface area contributed by atoms with Crippen LogP contribution in [-0.2, 0) is 32.0 Å². The average molecular weight is 499 g/mol. The van der Waals surface area contributed by atoms with Gasteiger partial charge in [0.25, 0.3) is 0 Å². The van der Waals surface area contributed by atoms with Gasteiger partial charge in [0.05, 0.1) is 13.7 Å². The number of aryl methyl sites for hydroxylation is 1. The van der Waals surface area contributed by atoms with Crippen LogP contribution in [0.2, 0.25) is 0 Å². The first-order chi connectivity index (χ1) is 17.4. The Balaban J connectivity index is 1.41. The number of likely N-dealkylation sites (tertiary alicyclic amines) is 1. The predicted molar refractivity (Wildman–Crippen MR) is 134 cm³/mol.